The first-order valence-corrected chi connectivity index (χ1v) is 7.06. The van der Waals surface area contributed by atoms with E-state index in [1.54, 1.807) is 10.6 Å². The van der Waals surface area contributed by atoms with Gasteiger partial charge in [0.2, 0.25) is 0 Å². The topological polar surface area (TPSA) is 84.2 Å². The van der Waals surface area contributed by atoms with Gasteiger partial charge in [-0.1, -0.05) is 22.0 Å². The summed E-state index contributed by atoms with van der Waals surface area (Å²) in [5.74, 6) is -1.23. The van der Waals surface area contributed by atoms with Crippen molar-refractivity contribution in [2.45, 2.75) is 13.5 Å². The Morgan fingerprint density at radius 3 is 2.86 bits per heavy atom. The van der Waals surface area contributed by atoms with E-state index in [1.807, 2.05) is 19.1 Å². The first kappa shape index (κ1) is 15.2. The molecule has 6 nitrogen and oxygen atoms in total. The first-order chi connectivity index (χ1) is 9.97. The number of aromatic carboxylic acids is 1. The standard InChI is InChI=1S/C14H14BrN3O3/c1-9-2-3-10(15)6-11(9)13(19)16-4-5-18-7-12(14(20)21)17-8-18/h2-3,6-8H,4-5H2,1H3,(H,16,19)(H,20,21). The van der Waals surface area contributed by atoms with Crippen molar-refractivity contribution in [2.24, 2.45) is 0 Å². The van der Waals surface area contributed by atoms with Crippen LogP contribution in [0.3, 0.4) is 0 Å². The van der Waals surface area contributed by atoms with Gasteiger partial charge in [-0.05, 0) is 24.6 Å². The summed E-state index contributed by atoms with van der Waals surface area (Å²) in [7, 11) is 0. The van der Waals surface area contributed by atoms with Gasteiger partial charge in [0, 0.05) is 29.3 Å². The molecule has 110 valence electrons. The van der Waals surface area contributed by atoms with Crippen LogP contribution in [0, 0.1) is 6.92 Å². The smallest absolute Gasteiger partial charge is 0.356 e. The van der Waals surface area contributed by atoms with Crippen LogP contribution < -0.4 is 5.32 Å². The molecule has 0 aliphatic rings. The third-order valence-corrected chi connectivity index (χ3v) is 3.45. The molecule has 21 heavy (non-hydrogen) atoms. The summed E-state index contributed by atoms with van der Waals surface area (Å²) in [6, 6.07) is 5.52. The molecule has 0 aliphatic heterocycles. The summed E-state index contributed by atoms with van der Waals surface area (Å²) in [5, 5.41) is 11.6. The van der Waals surface area contributed by atoms with Crippen LogP contribution in [0.4, 0.5) is 0 Å². The van der Waals surface area contributed by atoms with Crippen LogP contribution in [0.5, 0.6) is 0 Å². The molecule has 0 aliphatic carbocycles. The molecular formula is C14H14BrN3O3. The highest BCUT2D eigenvalue weighted by Crippen LogP contribution is 2.15. The minimum absolute atomic E-state index is 0.0100. The quantitative estimate of drug-likeness (QED) is 0.863. The Kier molecular flexibility index (Phi) is 4.74. The average Bonchev–Trinajstić information content (AvgIpc) is 2.90. The number of imidazole rings is 1. The van der Waals surface area contributed by atoms with E-state index in [1.165, 1.54) is 12.5 Å². The van der Waals surface area contributed by atoms with Crippen LogP contribution in [0.15, 0.2) is 35.2 Å². The van der Waals surface area contributed by atoms with E-state index in [0.717, 1.165) is 10.0 Å². The second-order valence-corrected chi connectivity index (χ2v) is 5.43. The van der Waals surface area contributed by atoms with Gasteiger partial charge in [-0.2, -0.15) is 0 Å². The summed E-state index contributed by atoms with van der Waals surface area (Å²) in [5.41, 5.74) is 1.50. The van der Waals surface area contributed by atoms with Gasteiger partial charge < -0.3 is 15.0 Å². The fourth-order valence-corrected chi connectivity index (χ4v) is 2.19. The Labute approximate surface area is 129 Å². The monoisotopic (exact) mass is 351 g/mol. The predicted molar refractivity (Wildman–Crippen MR) is 80.4 cm³/mol. The molecule has 2 aromatic rings. The van der Waals surface area contributed by atoms with Gasteiger partial charge in [-0.25, -0.2) is 9.78 Å². The van der Waals surface area contributed by atoms with Crippen molar-refractivity contribution in [1.29, 1.82) is 0 Å². The van der Waals surface area contributed by atoms with Crippen molar-refractivity contribution < 1.29 is 14.7 Å². The number of carbonyl (C=O) groups is 2. The first-order valence-electron chi connectivity index (χ1n) is 6.27. The number of carboxylic acid groups (broad SMARTS) is 1. The van der Waals surface area contributed by atoms with Gasteiger partial charge in [-0.3, -0.25) is 4.79 Å². The molecule has 0 saturated heterocycles. The fraction of sp³-hybridized carbons (Fsp3) is 0.214. The Hall–Kier alpha value is -2.15. The zero-order chi connectivity index (χ0) is 15.4. The highest BCUT2D eigenvalue weighted by atomic mass is 79.9. The van der Waals surface area contributed by atoms with Gasteiger partial charge in [0.05, 0.1) is 6.33 Å². The van der Waals surface area contributed by atoms with Gasteiger partial charge in [0.1, 0.15) is 0 Å². The summed E-state index contributed by atoms with van der Waals surface area (Å²) < 4.78 is 2.47. The summed E-state index contributed by atoms with van der Waals surface area (Å²) in [6.07, 6.45) is 2.86. The van der Waals surface area contributed by atoms with Crippen LogP contribution in [-0.2, 0) is 6.54 Å². The molecule has 0 radical (unpaired) electrons. The van der Waals surface area contributed by atoms with Gasteiger partial charge >= 0.3 is 5.97 Å². The lowest BCUT2D eigenvalue weighted by Crippen LogP contribution is -2.27. The molecule has 1 aromatic carbocycles. The molecule has 0 bridgehead atoms. The molecule has 0 unspecified atom stereocenters. The van der Waals surface area contributed by atoms with Crippen molar-refractivity contribution in [2.75, 3.05) is 6.54 Å². The van der Waals surface area contributed by atoms with E-state index in [2.05, 4.69) is 26.2 Å². The Bertz CT molecular complexity index is 682. The van der Waals surface area contributed by atoms with Crippen LogP contribution >= 0.6 is 15.9 Å². The van der Waals surface area contributed by atoms with Crippen LogP contribution in [-0.4, -0.2) is 33.1 Å². The van der Waals surface area contributed by atoms with Gasteiger partial charge in [-0.15, -0.1) is 0 Å². The normalized spacial score (nSPS) is 10.4. The van der Waals surface area contributed by atoms with Crippen molar-refractivity contribution >= 4 is 27.8 Å². The lowest BCUT2D eigenvalue weighted by Gasteiger charge is -2.08. The van der Waals surface area contributed by atoms with Crippen LogP contribution in [0.25, 0.3) is 0 Å². The fourth-order valence-electron chi connectivity index (χ4n) is 1.83. The molecule has 0 fully saturated rings. The van der Waals surface area contributed by atoms with Crippen molar-refractivity contribution in [3.05, 3.63) is 52.0 Å². The zero-order valence-corrected chi connectivity index (χ0v) is 12.9. The van der Waals surface area contributed by atoms with Crippen molar-refractivity contribution in [3.8, 4) is 0 Å². The largest absolute Gasteiger partial charge is 0.476 e. The van der Waals surface area contributed by atoms with E-state index in [4.69, 9.17) is 5.11 Å². The number of benzene rings is 1. The van der Waals surface area contributed by atoms with Crippen molar-refractivity contribution in [1.82, 2.24) is 14.9 Å². The van der Waals surface area contributed by atoms with Gasteiger partial charge in [0.25, 0.3) is 5.91 Å². The Morgan fingerprint density at radius 2 is 2.19 bits per heavy atom. The number of rotatable bonds is 5. The lowest BCUT2D eigenvalue weighted by molar-refractivity contribution is 0.0690. The van der Waals surface area contributed by atoms with Crippen LogP contribution in [0.2, 0.25) is 0 Å². The summed E-state index contributed by atoms with van der Waals surface area (Å²) in [4.78, 5) is 26.5. The van der Waals surface area contributed by atoms with Crippen LogP contribution in [0.1, 0.15) is 26.4 Å². The summed E-state index contributed by atoms with van der Waals surface area (Å²) in [6.45, 7) is 2.72. The van der Waals surface area contributed by atoms with E-state index in [-0.39, 0.29) is 11.6 Å². The molecule has 0 atom stereocenters. The Morgan fingerprint density at radius 1 is 1.43 bits per heavy atom. The molecule has 1 aromatic heterocycles. The highest BCUT2D eigenvalue weighted by Gasteiger charge is 2.10. The number of nitrogens with one attached hydrogen (secondary N) is 1. The minimum atomic E-state index is -1.07. The van der Waals surface area contributed by atoms with Crippen molar-refractivity contribution in [3.63, 3.8) is 0 Å². The number of nitrogens with zero attached hydrogens (tertiary/aromatic N) is 2. The lowest BCUT2D eigenvalue weighted by atomic mass is 10.1. The Balaban J connectivity index is 1.92. The zero-order valence-electron chi connectivity index (χ0n) is 11.3. The number of amides is 1. The maximum Gasteiger partial charge on any atom is 0.356 e. The number of hydrogen-bond acceptors (Lipinski definition) is 3. The molecule has 1 heterocycles. The number of aryl methyl sites for hydroxylation is 1. The molecular weight excluding hydrogens is 338 g/mol. The second kappa shape index (κ2) is 6.53. The van der Waals surface area contributed by atoms with E-state index in [9.17, 15) is 9.59 Å². The molecule has 1 amide bonds. The molecule has 0 saturated carbocycles. The third-order valence-electron chi connectivity index (χ3n) is 2.95. The SMILES string of the molecule is Cc1ccc(Br)cc1C(=O)NCCn1cnc(C(=O)O)c1. The summed E-state index contributed by atoms with van der Waals surface area (Å²) >= 11 is 3.34. The maximum absolute atomic E-state index is 12.1. The van der Waals surface area contributed by atoms with E-state index < -0.39 is 5.97 Å². The van der Waals surface area contributed by atoms with E-state index >= 15 is 0 Å². The predicted octanol–water partition coefficient (Wildman–Crippen LogP) is 2.08. The molecule has 2 rings (SSSR count). The highest BCUT2D eigenvalue weighted by molar-refractivity contribution is 9.10. The second-order valence-electron chi connectivity index (χ2n) is 4.52. The number of hydrogen-bond donors (Lipinski definition) is 2. The number of carboxylic acids is 1. The van der Waals surface area contributed by atoms with Gasteiger partial charge in [0.15, 0.2) is 5.69 Å². The molecule has 2 N–H and O–H groups in total. The minimum Gasteiger partial charge on any atom is -0.476 e. The third kappa shape index (κ3) is 3.91. The number of carbonyl (C=O) groups excluding carboxylic acids is 1. The maximum atomic E-state index is 12.1. The molecule has 7 heteroatoms. The average molecular weight is 352 g/mol. The number of halogens is 1. The molecule has 0 spiro atoms. The number of aromatic nitrogens is 2. The van der Waals surface area contributed by atoms with E-state index in [0.29, 0.717) is 18.7 Å².